The van der Waals surface area contributed by atoms with E-state index in [9.17, 15) is 4.79 Å². The zero-order valence-electron chi connectivity index (χ0n) is 10.4. The van der Waals surface area contributed by atoms with Crippen LogP contribution in [-0.4, -0.2) is 15.2 Å². The molecule has 0 spiro atoms. The van der Waals surface area contributed by atoms with Crippen molar-refractivity contribution in [2.75, 3.05) is 5.32 Å². The third kappa shape index (κ3) is 3.55. The number of alkyl halides is 1. The first-order valence-corrected chi connectivity index (χ1v) is 7.64. The molecule has 0 aliphatic rings. The fourth-order valence-corrected chi connectivity index (χ4v) is 2.41. The summed E-state index contributed by atoms with van der Waals surface area (Å²) in [5.41, 5.74) is 1.62. The number of nitrogens with one attached hydrogen (secondary N) is 1. The molecule has 2 rings (SSSR count). The van der Waals surface area contributed by atoms with Crippen LogP contribution in [0.4, 0.5) is 5.13 Å². The van der Waals surface area contributed by atoms with Gasteiger partial charge < -0.3 is 5.32 Å². The minimum atomic E-state index is -0.622. The second-order valence-electron chi connectivity index (χ2n) is 4.44. The van der Waals surface area contributed by atoms with Crippen LogP contribution in [0.3, 0.4) is 0 Å². The Morgan fingerprint density at radius 1 is 1.42 bits per heavy atom. The van der Waals surface area contributed by atoms with Crippen LogP contribution in [0.25, 0.3) is 11.3 Å². The van der Waals surface area contributed by atoms with Crippen LogP contribution >= 0.6 is 38.9 Å². The second kappa shape index (κ2) is 5.61. The molecule has 0 radical (unpaired) electrons. The zero-order chi connectivity index (χ0) is 14.0. The minimum Gasteiger partial charge on any atom is -0.301 e. The van der Waals surface area contributed by atoms with Gasteiger partial charge in [0, 0.05) is 16.0 Å². The summed E-state index contributed by atoms with van der Waals surface area (Å²) in [6.07, 6.45) is 0. The molecule has 1 heterocycles. The molecule has 1 N–H and O–H groups in total. The fraction of sp³-hybridized carbons (Fsp3) is 0.231. The van der Waals surface area contributed by atoms with Gasteiger partial charge in [-0.25, -0.2) is 4.98 Å². The van der Waals surface area contributed by atoms with Crippen molar-refractivity contribution in [1.29, 1.82) is 0 Å². The Hall–Kier alpha value is -0.910. The van der Waals surface area contributed by atoms with Crippen molar-refractivity contribution in [3.63, 3.8) is 0 Å². The highest BCUT2D eigenvalue weighted by Gasteiger charge is 2.24. The van der Waals surface area contributed by atoms with Crippen molar-refractivity contribution in [2.24, 2.45) is 0 Å². The lowest BCUT2D eigenvalue weighted by Gasteiger charge is -2.13. The average molecular weight is 360 g/mol. The summed E-state index contributed by atoms with van der Waals surface area (Å²) < 4.78 is -0.622. The number of carbonyl (C=O) groups is 1. The van der Waals surface area contributed by atoms with Gasteiger partial charge in [0.2, 0.25) is 5.91 Å². The van der Waals surface area contributed by atoms with Crippen LogP contribution in [0, 0.1) is 0 Å². The second-order valence-corrected chi connectivity index (χ2v) is 7.69. The molecule has 0 aliphatic heterocycles. The Morgan fingerprint density at radius 2 is 2.11 bits per heavy atom. The van der Waals surface area contributed by atoms with Crippen LogP contribution in [0.2, 0.25) is 5.02 Å². The van der Waals surface area contributed by atoms with Crippen LogP contribution in [-0.2, 0) is 4.79 Å². The molecule has 0 unspecified atom stereocenters. The summed E-state index contributed by atoms with van der Waals surface area (Å²) in [7, 11) is 0. The lowest BCUT2D eigenvalue weighted by atomic mass is 10.2. The van der Waals surface area contributed by atoms with Gasteiger partial charge in [-0.1, -0.05) is 45.7 Å². The zero-order valence-corrected chi connectivity index (χ0v) is 13.6. The van der Waals surface area contributed by atoms with Gasteiger partial charge in [-0.2, -0.15) is 0 Å². The fourth-order valence-electron chi connectivity index (χ4n) is 1.37. The number of anilines is 1. The number of aromatic nitrogens is 1. The van der Waals surface area contributed by atoms with Gasteiger partial charge in [-0.3, -0.25) is 4.79 Å². The summed E-state index contributed by atoms with van der Waals surface area (Å²) in [5.74, 6) is -0.132. The minimum absolute atomic E-state index is 0.132. The average Bonchev–Trinajstić information content (AvgIpc) is 2.76. The van der Waals surface area contributed by atoms with Gasteiger partial charge >= 0.3 is 0 Å². The third-order valence-electron chi connectivity index (χ3n) is 2.41. The van der Waals surface area contributed by atoms with E-state index >= 15 is 0 Å². The van der Waals surface area contributed by atoms with Gasteiger partial charge in [0.1, 0.15) is 0 Å². The number of amides is 1. The first-order chi connectivity index (χ1) is 8.88. The van der Waals surface area contributed by atoms with E-state index in [0.29, 0.717) is 10.2 Å². The summed E-state index contributed by atoms with van der Waals surface area (Å²) >= 11 is 10.8. The molecule has 100 valence electrons. The Balaban J connectivity index is 2.21. The third-order valence-corrected chi connectivity index (χ3v) is 3.86. The van der Waals surface area contributed by atoms with Crippen molar-refractivity contribution < 1.29 is 4.79 Å². The van der Waals surface area contributed by atoms with E-state index in [2.05, 4.69) is 26.2 Å². The molecule has 6 heteroatoms. The van der Waals surface area contributed by atoms with Crippen LogP contribution in [0.5, 0.6) is 0 Å². The molecule has 0 bridgehead atoms. The van der Waals surface area contributed by atoms with Gasteiger partial charge in [0.05, 0.1) is 10.0 Å². The summed E-state index contributed by atoms with van der Waals surface area (Å²) in [6.45, 7) is 3.57. The molecular formula is C13H12BrClN2OS. The van der Waals surface area contributed by atoms with E-state index in [1.165, 1.54) is 11.3 Å². The van der Waals surface area contributed by atoms with Crippen LogP contribution < -0.4 is 5.32 Å². The topological polar surface area (TPSA) is 42.0 Å². The SMILES string of the molecule is CC(C)(Br)C(=O)Nc1nc(-c2ccccc2Cl)cs1. The number of benzene rings is 1. The van der Waals surface area contributed by atoms with E-state index in [1.807, 2.05) is 29.6 Å². The number of thiazole rings is 1. The maximum atomic E-state index is 11.8. The van der Waals surface area contributed by atoms with E-state index in [0.717, 1.165) is 11.3 Å². The molecule has 0 fully saturated rings. The van der Waals surface area contributed by atoms with Gasteiger partial charge in [0.25, 0.3) is 0 Å². The molecule has 0 saturated carbocycles. The van der Waals surface area contributed by atoms with Crippen molar-refractivity contribution in [3.05, 3.63) is 34.7 Å². The Bertz CT molecular complexity index is 607. The normalized spacial score (nSPS) is 11.4. The van der Waals surface area contributed by atoms with Crippen molar-refractivity contribution in [2.45, 2.75) is 18.2 Å². The van der Waals surface area contributed by atoms with Crippen molar-refractivity contribution in [1.82, 2.24) is 4.98 Å². The lowest BCUT2D eigenvalue weighted by molar-refractivity contribution is -0.117. The largest absolute Gasteiger partial charge is 0.301 e. The van der Waals surface area contributed by atoms with E-state index in [4.69, 9.17) is 11.6 Å². The van der Waals surface area contributed by atoms with E-state index in [-0.39, 0.29) is 5.91 Å². The predicted molar refractivity (Wildman–Crippen MR) is 84.2 cm³/mol. The molecule has 1 aromatic carbocycles. The van der Waals surface area contributed by atoms with E-state index in [1.54, 1.807) is 13.8 Å². The van der Waals surface area contributed by atoms with Crippen LogP contribution in [0.1, 0.15) is 13.8 Å². The highest BCUT2D eigenvalue weighted by Crippen LogP contribution is 2.30. The number of carbonyl (C=O) groups excluding carboxylic acids is 1. The quantitative estimate of drug-likeness (QED) is 0.815. The number of nitrogens with zero attached hydrogens (tertiary/aromatic N) is 1. The predicted octanol–water partition coefficient (Wildman–Crippen LogP) is 4.58. The number of hydrogen-bond acceptors (Lipinski definition) is 3. The molecule has 0 saturated heterocycles. The van der Waals surface area contributed by atoms with E-state index < -0.39 is 4.32 Å². The summed E-state index contributed by atoms with van der Waals surface area (Å²) in [5, 5.41) is 5.85. The van der Waals surface area contributed by atoms with Crippen LogP contribution in [0.15, 0.2) is 29.6 Å². The molecule has 19 heavy (non-hydrogen) atoms. The number of hydrogen-bond donors (Lipinski definition) is 1. The molecule has 0 aliphatic carbocycles. The molecule has 1 aromatic heterocycles. The first-order valence-electron chi connectivity index (χ1n) is 5.59. The number of halogens is 2. The summed E-state index contributed by atoms with van der Waals surface area (Å²) in [4.78, 5) is 16.2. The lowest BCUT2D eigenvalue weighted by Crippen LogP contribution is -2.30. The van der Waals surface area contributed by atoms with Gasteiger partial charge in [-0.05, 0) is 19.9 Å². The van der Waals surface area contributed by atoms with Gasteiger partial charge in [0.15, 0.2) is 5.13 Å². The summed E-state index contributed by atoms with van der Waals surface area (Å²) in [6, 6.07) is 7.49. The first kappa shape index (κ1) is 14.5. The molecule has 3 nitrogen and oxygen atoms in total. The van der Waals surface area contributed by atoms with Gasteiger partial charge in [-0.15, -0.1) is 11.3 Å². The number of rotatable bonds is 3. The maximum absolute atomic E-state index is 11.8. The highest BCUT2D eigenvalue weighted by atomic mass is 79.9. The monoisotopic (exact) mass is 358 g/mol. The highest BCUT2D eigenvalue weighted by molar-refractivity contribution is 9.10. The molecule has 0 atom stereocenters. The Morgan fingerprint density at radius 3 is 2.74 bits per heavy atom. The maximum Gasteiger partial charge on any atom is 0.242 e. The molecular weight excluding hydrogens is 348 g/mol. The Kier molecular flexibility index (Phi) is 4.28. The Labute approximate surface area is 129 Å². The molecule has 2 aromatic rings. The van der Waals surface area contributed by atoms with Crippen molar-refractivity contribution >= 4 is 49.9 Å². The van der Waals surface area contributed by atoms with Crippen molar-refractivity contribution in [3.8, 4) is 11.3 Å². The molecule has 1 amide bonds. The standard InChI is InChI=1S/C13H12BrClN2OS/c1-13(2,14)11(18)17-12-16-10(7-19-12)8-5-3-4-6-9(8)15/h3-7H,1-2H3,(H,16,17,18). The smallest absolute Gasteiger partial charge is 0.242 e.